The van der Waals surface area contributed by atoms with Gasteiger partial charge in [-0.2, -0.15) is 5.26 Å². The van der Waals surface area contributed by atoms with Gasteiger partial charge in [0.2, 0.25) is 0 Å². The molecule has 0 radical (unpaired) electrons. The third-order valence-electron chi connectivity index (χ3n) is 4.87. The highest BCUT2D eigenvalue weighted by Gasteiger charge is 2.21. The van der Waals surface area contributed by atoms with Gasteiger partial charge in [-0.3, -0.25) is 0 Å². The predicted molar refractivity (Wildman–Crippen MR) is 98.7 cm³/mol. The van der Waals surface area contributed by atoms with Crippen molar-refractivity contribution in [1.29, 1.82) is 5.26 Å². The summed E-state index contributed by atoms with van der Waals surface area (Å²) < 4.78 is 5.68. The molecule has 2 aromatic carbocycles. The third-order valence-corrected chi connectivity index (χ3v) is 4.87. The third kappa shape index (κ3) is 2.97. The Morgan fingerprint density at radius 3 is 2.29 bits per heavy atom. The van der Waals surface area contributed by atoms with Crippen molar-refractivity contribution in [3.63, 3.8) is 0 Å². The number of anilines is 1. The van der Waals surface area contributed by atoms with Gasteiger partial charge in [0, 0.05) is 24.2 Å². The molecule has 3 heteroatoms. The molecule has 124 valence electrons. The van der Waals surface area contributed by atoms with Crippen LogP contribution in [0.3, 0.4) is 0 Å². The number of ether oxygens (including phenoxy) is 1. The standard InChI is InChI=1S/C21H24N2O/c1-15-7-9-17(10-8-15)18-13-20(23-11-5-4-6-12-23)19(14-22)16(2)21(18)24-3/h7-10,13H,4-6,11-12H2,1-3H3. The van der Waals surface area contributed by atoms with Crippen molar-refractivity contribution >= 4 is 5.69 Å². The molecular formula is C21H24N2O. The Balaban J connectivity index is 2.19. The van der Waals surface area contributed by atoms with Crippen molar-refractivity contribution in [2.75, 3.05) is 25.1 Å². The fourth-order valence-corrected chi connectivity index (χ4v) is 3.52. The number of hydrogen-bond donors (Lipinski definition) is 0. The molecule has 0 aromatic heterocycles. The van der Waals surface area contributed by atoms with Gasteiger partial charge in [-0.05, 0) is 44.7 Å². The quantitative estimate of drug-likeness (QED) is 0.812. The number of benzene rings is 2. The van der Waals surface area contributed by atoms with Crippen LogP contribution in [0.25, 0.3) is 11.1 Å². The van der Waals surface area contributed by atoms with Crippen molar-refractivity contribution in [2.45, 2.75) is 33.1 Å². The van der Waals surface area contributed by atoms with Gasteiger partial charge < -0.3 is 9.64 Å². The summed E-state index contributed by atoms with van der Waals surface area (Å²) in [5, 5.41) is 9.72. The first-order valence-electron chi connectivity index (χ1n) is 8.59. The van der Waals surface area contributed by atoms with Gasteiger partial charge in [-0.25, -0.2) is 0 Å². The van der Waals surface area contributed by atoms with Gasteiger partial charge in [-0.15, -0.1) is 0 Å². The van der Waals surface area contributed by atoms with Crippen molar-refractivity contribution in [1.82, 2.24) is 0 Å². The topological polar surface area (TPSA) is 36.3 Å². The maximum Gasteiger partial charge on any atom is 0.131 e. The van der Waals surface area contributed by atoms with Crippen LogP contribution in [0, 0.1) is 25.2 Å². The molecule has 2 aromatic rings. The summed E-state index contributed by atoms with van der Waals surface area (Å²) in [7, 11) is 1.68. The highest BCUT2D eigenvalue weighted by molar-refractivity contribution is 5.81. The van der Waals surface area contributed by atoms with Crippen LogP contribution in [0.4, 0.5) is 5.69 Å². The maximum absolute atomic E-state index is 9.72. The smallest absolute Gasteiger partial charge is 0.131 e. The average Bonchev–Trinajstić information content (AvgIpc) is 2.62. The van der Waals surface area contributed by atoms with E-state index in [0.29, 0.717) is 0 Å². The Bertz CT molecular complexity index is 766. The zero-order chi connectivity index (χ0) is 17.1. The SMILES string of the molecule is COc1c(-c2ccc(C)cc2)cc(N2CCCCC2)c(C#N)c1C. The van der Waals surface area contributed by atoms with E-state index in [2.05, 4.69) is 48.2 Å². The molecule has 0 bridgehead atoms. The Kier molecular flexibility index (Phi) is 4.76. The first-order chi connectivity index (χ1) is 11.7. The summed E-state index contributed by atoms with van der Waals surface area (Å²) >= 11 is 0. The van der Waals surface area contributed by atoms with E-state index in [1.807, 2.05) is 6.92 Å². The normalized spacial score (nSPS) is 14.3. The lowest BCUT2D eigenvalue weighted by Crippen LogP contribution is -2.30. The fourth-order valence-electron chi connectivity index (χ4n) is 3.52. The molecule has 3 nitrogen and oxygen atoms in total. The summed E-state index contributed by atoms with van der Waals surface area (Å²) in [6.07, 6.45) is 3.66. The first-order valence-corrected chi connectivity index (χ1v) is 8.59. The molecule has 1 aliphatic rings. The van der Waals surface area contributed by atoms with E-state index in [-0.39, 0.29) is 0 Å². The number of nitriles is 1. The van der Waals surface area contributed by atoms with Gasteiger partial charge >= 0.3 is 0 Å². The van der Waals surface area contributed by atoms with Gasteiger partial charge in [0.1, 0.15) is 11.8 Å². The summed E-state index contributed by atoms with van der Waals surface area (Å²) in [5.41, 5.74) is 6.14. The molecule has 3 rings (SSSR count). The molecule has 1 saturated heterocycles. The average molecular weight is 320 g/mol. The van der Waals surface area contributed by atoms with E-state index in [1.54, 1.807) is 7.11 Å². The Morgan fingerprint density at radius 2 is 1.71 bits per heavy atom. The monoisotopic (exact) mass is 320 g/mol. The van der Waals surface area contributed by atoms with Crippen LogP contribution >= 0.6 is 0 Å². The predicted octanol–water partition coefficient (Wildman–Crippen LogP) is 4.84. The Labute approximate surface area is 144 Å². The minimum Gasteiger partial charge on any atom is -0.496 e. The largest absolute Gasteiger partial charge is 0.496 e. The van der Waals surface area contributed by atoms with E-state index in [0.717, 1.165) is 46.8 Å². The molecule has 0 aliphatic carbocycles. The number of rotatable bonds is 3. The van der Waals surface area contributed by atoms with Gasteiger partial charge in [-0.1, -0.05) is 29.8 Å². The van der Waals surface area contributed by atoms with Gasteiger partial charge in [0.25, 0.3) is 0 Å². The molecule has 0 saturated carbocycles. The van der Waals surface area contributed by atoms with E-state index >= 15 is 0 Å². The lowest BCUT2D eigenvalue weighted by molar-refractivity contribution is 0.413. The van der Waals surface area contributed by atoms with E-state index in [9.17, 15) is 5.26 Å². The van der Waals surface area contributed by atoms with Crippen LogP contribution in [0.5, 0.6) is 5.75 Å². The molecule has 0 spiro atoms. The Morgan fingerprint density at radius 1 is 1.04 bits per heavy atom. The zero-order valence-electron chi connectivity index (χ0n) is 14.7. The number of aryl methyl sites for hydroxylation is 1. The van der Waals surface area contributed by atoms with E-state index in [1.165, 1.54) is 24.8 Å². The highest BCUT2D eigenvalue weighted by Crippen LogP contribution is 2.40. The molecule has 0 N–H and O–H groups in total. The van der Waals surface area contributed by atoms with Crippen molar-refractivity contribution in [2.24, 2.45) is 0 Å². The molecule has 1 aliphatic heterocycles. The molecule has 1 fully saturated rings. The van der Waals surface area contributed by atoms with Crippen molar-refractivity contribution < 1.29 is 4.74 Å². The van der Waals surface area contributed by atoms with Crippen molar-refractivity contribution in [3.8, 4) is 22.9 Å². The second-order valence-electron chi connectivity index (χ2n) is 6.50. The summed E-state index contributed by atoms with van der Waals surface area (Å²) in [5.74, 6) is 0.802. The second kappa shape index (κ2) is 6.97. The van der Waals surface area contributed by atoms with Gasteiger partial charge in [0.15, 0.2) is 0 Å². The lowest BCUT2D eigenvalue weighted by Gasteiger charge is -2.31. The van der Waals surface area contributed by atoms with Crippen LogP contribution in [-0.4, -0.2) is 20.2 Å². The van der Waals surface area contributed by atoms with Crippen LogP contribution in [-0.2, 0) is 0 Å². The van der Waals surface area contributed by atoms with Crippen LogP contribution in [0.2, 0.25) is 0 Å². The van der Waals surface area contributed by atoms with Crippen LogP contribution in [0.1, 0.15) is 36.0 Å². The number of nitrogens with zero attached hydrogens (tertiary/aromatic N) is 2. The molecule has 0 atom stereocenters. The van der Waals surface area contributed by atoms with E-state index in [4.69, 9.17) is 4.74 Å². The summed E-state index contributed by atoms with van der Waals surface area (Å²) in [6.45, 7) is 6.12. The summed E-state index contributed by atoms with van der Waals surface area (Å²) in [4.78, 5) is 2.35. The fraction of sp³-hybridized carbons (Fsp3) is 0.381. The molecule has 1 heterocycles. The van der Waals surface area contributed by atoms with Crippen LogP contribution in [0.15, 0.2) is 30.3 Å². The highest BCUT2D eigenvalue weighted by atomic mass is 16.5. The minimum absolute atomic E-state index is 0.740. The van der Waals surface area contributed by atoms with Gasteiger partial charge in [0.05, 0.1) is 18.4 Å². The minimum atomic E-state index is 0.740. The Hall–Kier alpha value is -2.47. The molecular weight excluding hydrogens is 296 g/mol. The van der Waals surface area contributed by atoms with E-state index < -0.39 is 0 Å². The first kappa shape index (κ1) is 16.4. The number of methoxy groups -OCH3 is 1. The number of piperidine rings is 1. The molecule has 0 unspecified atom stereocenters. The van der Waals surface area contributed by atoms with Crippen molar-refractivity contribution in [3.05, 3.63) is 47.0 Å². The second-order valence-corrected chi connectivity index (χ2v) is 6.50. The lowest BCUT2D eigenvalue weighted by atomic mass is 9.95. The zero-order valence-corrected chi connectivity index (χ0v) is 14.7. The summed E-state index contributed by atoms with van der Waals surface area (Å²) in [6, 6.07) is 13.0. The maximum atomic E-state index is 9.72. The number of hydrogen-bond acceptors (Lipinski definition) is 3. The molecule has 24 heavy (non-hydrogen) atoms. The van der Waals surface area contributed by atoms with Crippen LogP contribution < -0.4 is 9.64 Å². The molecule has 0 amide bonds.